The van der Waals surface area contributed by atoms with Crippen molar-refractivity contribution in [1.82, 2.24) is 10.3 Å². The van der Waals surface area contributed by atoms with Crippen LogP contribution in [-0.2, 0) is 16.4 Å². The Hall–Kier alpha value is -3.33. The van der Waals surface area contributed by atoms with E-state index in [1.54, 1.807) is 18.5 Å². The third-order valence-corrected chi connectivity index (χ3v) is 5.49. The van der Waals surface area contributed by atoms with Crippen molar-refractivity contribution in [2.24, 2.45) is 0 Å². The normalized spacial score (nSPS) is 11.1. The summed E-state index contributed by atoms with van der Waals surface area (Å²) >= 11 is 0. The highest BCUT2D eigenvalue weighted by Crippen LogP contribution is 2.23. The molecular weight excluding hydrogens is 388 g/mol. The Bertz CT molecular complexity index is 1070. The van der Waals surface area contributed by atoms with Crippen LogP contribution >= 0.6 is 0 Å². The molecule has 0 spiro atoms. The predicted molar refractivity (Wildman–Crippen MR) is 98.3 cm³/mol. The number of carbonyl (C=O) groups is 1. The summed E-state index contributed by atoms with van der Waals surface area (Å²) in [5, 5.41) is 5.20. The van der Waals surface area contributed by atoms with E-state index in [1.165, 1.54) is 24.3 Å². The number of hydrogen-bond acceptors (Lipinski definition) is 4. The molecule has 3 aromatic rings. The van der Waals surface area contributed by atoms with Gasteiger partial charge in [0.25, 0.3) is 0 Å². The van der Waals surface area contributed by atoms with Crippen LogP contribution in [0, 0.1) is 11.6 Å². The molecule has 0 bridgehead atoms. The number of benzene rings is 2. The van der Waals surface area contributed by atoms with Gasteiger partial charge in [0.15, 0.2) is 0 Å². The molecule has 0 aliphatic rings. The van der Waals surface area contributed by atoms with Gasteiger partial charge in [-0.1, -0.05) is 6.07 Å². The van der Waals surface area contributed by atoms with Gasteiger partial charge in [0.05, 0.1) is 9.79 Å². The van der Waals surface area contributed by atoms with E-state index in [0.29, 0.717) is 11.8 Å². The number of nitrogens with zero attached hydrogens (tertiary/aromatic N) is 1. The van der Waals surface area contributed by atoms with Crippen molar-refractivity contribution < 1.29 is 22.0 Å². The van der Waals surface area contributed by atoms with Gasteiger partial charge < -0.3 is 10.6 Å². The van der Waals surface area contributed by atoms with Crippen molar-refractivity contribution in [3.8, 4) is 0 Å². The third kappa shape index (κ3) is 4.68. The largest absolute Gasteiger partial charge is 0.334 e. The van der Waals surface area contributed by atoms with Gasteiger partial charge in [-0.25, -0.2) is 22.0 Å². The summed E-state index contributed by atoms with van der Waals surface area (Å²) in [6, 6.07) is 10.4. The summed E-state index contributed by atoms with van der Waals surface area (Å²) < 4.78 is 51.6. The average molecular weight is 403 g/mol. The van der Waals surface area contributed by atoms with Gasteiger partial charge in [0, 0.05) is 30.7 Å². The van der Waals surface area contributed by atoms with Crippen LogP contribution in [0.4, 0.5) is 19.3 Å². The zero-order chi connectivity index (χ0) is 20.1. The van der Waals surface area contributed by atoms with Gasteiger partial charge in [-0.15, -0.1) is 0 Å². The Balaban J connectivity index is 1.68. The Kier molecular flexibility index (Phi) is 5.65. The van der Waals surface area contributed by atoms with Gasteiger partial charge in [0.2, 0.25) is 9.84 Å². The number of amides is 2. The van der Waals surface area contributed by atoms with Gasteiger partial charge in [-0.3, -0.25) is 4.98 Å². The van der Waals surface area contributed by atoms with Crippen LogP contribution in [0.5, 0.6) is 0 Å². The molecule has 2 N–H and O–H groups in total. The maximum atomic E-state index is 13.3. The molecule has 6 nitrogen and oxygen atoms in total. The number of aromatic nitrogens is 1. The van der Waals surface area contributed by atoms with E-state index < -0.39 is 32.4 Å². The molecule has 1 aromatic heterocycles. The van der Waals surface area contributed by atoms with Crippen molar-refractivity contribution in [3.63, 3.8) is 0 Å². The lowest BCUT2D eigenvalue weighted by molar-refractivity contribution is 0.251. The minimum absolute atomic E-state index is 0.154. The van der Waals surface area contributed by atoms with Crippen LogP contribution < -0.4 is 10.6 Å². The lowest BCUT2D eigenvalue weighted by atomic mass is 10.3. The Labute approximate surface area is 160 Å². The minimum atomic E-state index is -4.09. The minimum Gasteiger partial charge on any atom is -0.334 e. The molecule has 0 radical (unpaired) electrons. The van der Waals surface area contributed by atoms with E-state index in [1.807, 2.05) is 6.07 Å². The molecule has 3 rings (SSSR count). The number of pyridine rings is 1. The summed E-state index contributed by atoms with van der Waals surface area (Å²) in [6.45, 7) is 0.275. The zero-order valence-electron chi connectivity index (χ0n) is 14.4. The summed E-state index contributed by atoms with van der Waals surface area (Å²) in [6.07, 6.45) is 3.24. The molecule has 2 aromatic carbocycles. The molecule has 0 aliphatic heterocycles. The van der Waals surface area contributed by atoms with Crippen molar-refractivity contribution in [1.29, 1.82) is 0 Å². The molecule has 2 amide bonds. The topological polar surface area (TPSA) is 88.2 Å². The van der Waals surface area contributed by atoms with E-state index >= 15 is 0 Å². The van der Waals surface area contributed by atoms with Gasteiger partial charge >= 0.3 is 6.03 Å². The van der Waals surface area contributed by atoms with Crippen molar-refractivity contribution in [2.45, 2.75) is 16.3 Å². The summed E-state index contributed by atoms with van der Waals surface area (Å²) in [7, 11) is -4.09. The van der Waals surface area contributed by atoms with E-state index in [2.05, 4.69) is 15.6 Å². The number of halogens is 2. The highest BCUT2D eigenvalue weighted by Gasteiger charge is 2.19. The van der Waals surface area contributed by atoms with E-state index in [9.17, 15) is 22.0 Å². The Morgan fingerprint density at radius 3 is 2.25 bits per heavy atom. The zero-order valence-corrected chi connectivity index (χ0v) is 15.2. The first kappa shape index (κ1) is 19.4. The first-order valence-electron chi connectivity index (χ1n) is 8.09. The van der Waals surface area contributed by atoms with E-state index in [4.69, 9.17) is 0 Å². The molecule has 0 unspecified atom stereocenters. The fourth-order valence-corrected chi connectivity index (χ4v) is 3.70. The van der Waals surface area contributed by atoms with Crippen molar-refractivity contribution >= 4 is 21.6 Å². The van der Waals surface area contributed by atoms with Crippen molar-refractivity contribution in [3.05, 3.63) is 84.2 Å². The molecule has 9 heteroatoms. The first-order chi connectivity index (χ1) is 13.3. The maximum absolute atomic E-state index is 13.3. The van der Waals surface area contributed by atoms with Gasteiger partial charge in [0.1, 0.15) is 11.6 Å². The maximum Gasteiger partial charge on any atom is 0.319 e. The molecule has 28 heavy (non-hydrogen) atoms. The number of hydrogen-bond donors (Lipinski definition) is 2. The highest BCUT2D eigenvalue weighted by molar-refractivity contribution is 7.91. The Morgan fingerprint density at radius 1 is 0.964 bits per heavy atom. The molecule has 0 atom stereocenters. The third-order valence-electron chi connectivity index (χ3n) is 3.74. The molecule has 144 valence electrons. The lowest BCUT2D eigenvalue weighted by Crippen LogP contribution is -2.28. The molecule has 0 aliphatic carbocycles. The fraction of sp³-hybridized carbons (Fsp3) is 0.0526. The van der Waals surface area contributed by atoms with Crippen LogP contribution in [0.3, 0.4) is 0 Å². The average Bonchev–Trinajstić information content (AvgIpc) is 2.67. The van der Waals surface area contributed by atoms with E-state index in [0.717, 1.165) is 17.7 Å². The smallest absolute Gasteiger partial charge is 0.319 e. The quantitative estimate of drug-likeness (QED) is 0.682. The van der Waals surface area contributed by atoms with Crippen LogP contribution in [-0.4, -0.2) is 19.4 Å². The summed E-state index contributed by atoms with van der Waals surface area (Å²) in [5.41, 5.74) is 1.18. The second kappa shape index (κ2) is 8.13. The number of carbonyl (C=O) groups excluding carboxylic acids is 1. The predicted octanol–water partition coefficient (Wildman–Crippen LogP) is 3.51. The highest BCUT2D eigenvalue weighted by atomic mass is 32.2. The van der Waals surface area contributed by atoms with Crippen LogP contribution in [0.15, 0.2) is 76.8 Å². The molecule has 0 saturated carbocycles. The number of nitrogens with one attached hydrogen (secondary N) is 2. The number of anilines is 1. The number of sulfone groups is 1. The molecular formula is C19H15F2N3O3S. The standard InChI is InChI=1S/C19H15F2N3O3S/c20-14-8-15(21)10-18(9-14)28(26,27)17-5-3-16(4-6-17)24-19(25)23-12-13-2-1-7-22-11-13/h1-11H,12H2,(H2,23,24,25). The molecule has 0 fully saturated rings. The second-order valence-electron chi connectivity index (χ2n) is 5.80. The fourth-order valence-electron chi connectivity index (χ4n) is 2.40. The van der Waals surface area contributed by atoms with Crippen LogP contribution in [0.1, 0.15) is 5.56 Å². The summed E-state index contributed by atoms with van der Waals surface area (Å²) in [4.78, 5) is 15.2. The number of urea groups is 1. The lowest BCUT2D eigenvalue weighted by Gasteiger charge is -2.09. The SMILES string of the molecule is O=C(NCc1cccnc1)Nc1ccc(S(=O)(=O)c2cc(F)cc(F)c2)cc1. The van der Waals surface area contributed by atoms with Gasteiger partial charge in [-0.05, 0) is 48.0 Å². The van der Waals surface area contributed by atoms with Crippen molar-refractivity contribution in [2.75, 3.05) is 5.32 Å². The molecule has 0 saturated heterocycles. The first-order valence-corrected chi connectivity index (χ1v) is 9.58. The second-order valence-corrected chi connectivity index (χ2v) is 7.75. The van der Waals surface area contributed by atoms with Crippen LogP contribution in [0.25, 0.3) is 0 Å². The Morgan fingerprint density at radius 2 is 1.64 bits per heavy atom. The number of rotatable bonds is 5. The van der Waals surface area contributed by atoms with Gasteiger partial charge in [-0.2, -0.15) is 0 Å². The van der Waals surface area contributed by atoms with Crippen LogP contribution in [0.2, 0.25) is 0 Å². The summed E-state index contributed by atoms with van der Waals surface area (Å²) in [5.74, 6) is -1.97. The van der Waals surface area contributed by atoms with E-state index in [-0.39, 0.29) is 11.4 Å². The monoisotopic (exact) mass is 403 g/mol. The molecule has 1 heterocycles.